The highest BCUT2D eigenvalue weighted by Gasteiger charge is 2.40. The molecule has 3 nitrogen and oxygen atoms in total. The van der Waals surface area contributed by atoms with Crippen LogP contribution in [0, 0.1) is 11.8 Å². The van der Waals surface area contributed by atoms with E-state index < -0.39 is 5.60 Å². The Balaban J connectivity index is 1.71. The van der Waals surface area contributed by atoms with E-state index in [0.717, 1.165) is 23.1 Å². The van der Waals surface area contributed by atoms with Crippen molar-refractivity contribution in [2.45, 2.75) is 31.2 Å². The van der Waals surface area contributed by atoms with Crippen molar-refractivity contribution in [1.29, 1.82) is 0 Å². The molecule has 0 N–H and O–H groups in total. The van der Waals surface area contributed by atoms with Crippen LogP contribution in [0.3, 0.4) is 0 Å². The van der Waals surface area contributed by atoms with Crippen molar-refractivity contribution in [3.8, 4) is 11.8 Å². The highest BCUT2D eigenvalue weighted by Crippen LogP contribution is 2.41. The van der Waals surface area contributed by atoms with Crippen LogP contribution in [0.1, 0.15) is 30.0 Å². The van der Waals surface area contributed by atoms with Crippen LogP contribution in [0.15, 0.2) is 91.0 Å². The van der Waals surface area contributed by atoms with Gasteiger partial charge in [0.15, 0.2) is 0 Å². The van der Waals surface area contributed by atoms with Gasteiger partial charge in [0.1, 0.15) is 18.3 Å². The van der Waals surface area contributed by atoms with Crippen LogP contribution in [-0.4, -0.2) is 32.0 Å². The average Bonchev–Trinajstić information content (AvgIpc) is 3.29. The van der Waals surface area contributed by atoms with E-state index in [1.165, 1.54) is 0 Å². The second kappa shape index (κ2) is 10.4. The fourth-order valence-corrected chi connectivity index (χ4v) is 4.17. The molecule has 1 fully saturated rings. The molecular weight excluding hydrogens is 384 g/mol. The first-order valence-corrected chi connectivity index (χ1v) is 10.8. The minimum Gasteiger partial charge on any atom is -0.373 e. The summed E-state index contributed by atoms with van der Waals surface area (Å²) >= 11 is 0. The van der Waals surface area contributed by atoms with Gasteiger partial charge in [0.25, 0.3) is 0 Å². The standard InChI is InChI=1S/C28H28O3/c1-2-3-20-29-26-19-21-30-27(26)22-31-28(23-13-7-4-8-14-23,24-15-9-5-10-16-24)25-17-11-6-12-18-25/h4-18,26-27H,19-22H2,1H3/t26-,27-/m1/s1. The third-order valence-corrected chi connectivity index (χ3v) is 5.70. The number of benzene rings is 3. The molecule has 3 aromatic rings. The summed E-state index contributed by atoms with van der Waals surface area (Å²) in [5, 5.41) is 0. The topological polar surface area (TPSA) is 27.7 Å². The Kier molecular flexibility index (Phi) is 7.17. The van der Waals surface area contributed by atoms with Crippen LogP contribution in [-0.2, 0) is 19.8 Å². The van der Waals surface area contributed by atoms with E-state index in [1.54, 1.807) is 0 Å². The van der Waals surface area contributed by atoms with Crippen LogP contribution in [0.2, 0.25) is 0 Å². The van der Waals surface area contributed by atoms with E-state index in [-0.39, 0.29) is 12.2 Å². The Labute approximate surface area is 185 Å². The van der Waals surface area contributed by atoms with Gasteiger partial charge in [-0.1, -0.05) is 96.9 Å². The molecule has 31 heavy (non-hydrogen) atoms. The fourth-order valence-electron chi connectivity index (χ4n) is 4.17. The van der Waals surface area contributed by atoms with Crippen LogP contribution in [0.5, 0.6) is 0 Å². The lowest BCUT2D eigenvalue weighted by molar-refractivity contribution is -0.0805. The zero-order valence-corrected chi connectivity index (χ0v) is 17.9. The molecule has 3 heteroatoms. The summed E-state index contributed by atoms with van der Waals surface area (Å²) in [5.74, 6) is 5.86. The summed E-state index contributed by atoms with van der Waals surface area (Å²) in [6.45, 7) is 3.33. The first-order valence-electron chi connectivity index (χ1n) is 10.8. The normalized spacial score (nSPS) is 18.4. The van der Waals surface area contributed by atoms with Gasteiger partial charge in [-0.05, 0) is 30.0 Å². The molecule has 0 saturated carbocycles. The predicted octanol–water partition coefficient (Wildman–Crippen LogP) is 5.19. The van der Waals surface area contributed by atoms with Gasteiger partial charge >= 0.3 is 0 Å². The van der Waals surface area contributed by atoms with Crippen molar-refractivity contribution in [2.75, 3.05) is 19.8 Å². The molecule has 0 amide bonds. The predicted molar refractivity (Wildman–Crippen MR) is 123 cm³/mol. The second-order valence-electron chi connectivity index (χ2n) is 7.56. The lowest BCUT2D eigenvalue weighted by Crippen LogP contribution is -2.38. The van der Waals surface area contributed by atoms with Gasteiger partial charge in [-0.15, -0.1) is 5.92 Å². The van der Waals surface area contributed by atoms with Crippen LogP contribution < -0.4 is 0 Å². The monoisotopic (exact) mass is 412 g/mol. The number of rotatable bonds is 8. The molecule has 2 atom stereocenters. The summed E-state index contributed by atoms with van der Waals surface area (Å²) in [7, 11) is 0. The summed E-state index contributed by atoms with van der Waals surface area (Å²) in [6.07, 6.45) is 0.712. The molecule has 158 valence electrons. The van der Waals surface area contributed by atoms with Crippen molar-refractivity contribution in [3.05, 3.63) is 108 Å². The van der Waals surface area contributed by atoms with E-state index in [1.807, 2.05) is 25.1 Å². The Hall–Kier alpha value is -2.90. The van der Waals surface area contributed by atoms with E-state index in [9.17, 15) is 0 Å². The molecule has 0 aliphatic carbocycles. The Morgan fingerprint density at radius 3 is 1.84 bits per heavy atom. The smallest absolute Gasteiger partial charge is 0.143 e. The van der Waals surface area contributed by atoms with Gasteiger partial charge in [-0.2, -0.15) is 0 Å². The molecule has 0 unspecified atom stereocenters. The van der Waals surface area contributed by atoms with Crippen molar-refractivity contribution in [1.82, 2.24) is 0 Å². The van der Waals surface area contributed by atoms with Crippen molar-refractivity contribution in [2.24, 2.45) is 0 Å². The number of hydrogen-bond donors (Lipinski definition) is 0. The van der Waals surface area contributed by atoms with E-state index in [0.29, 0.717) is 19.8 Å². The summed E-state index contributed by atoms with van der Waals surface area (Å²) < 4.78 is 18.8. The van der Waals surface area contributed by atoms with E-state index in [4.69, 9.17) is 14.2 Å². The van der Waals surface area contributed by atoms with Gasteiger partial charge in [0, 0.05) is 6.61 Å². The number of ether oxygens (including phenoxy) is 3. The van der Waals surface area contributed by atoms with Gasteiger partial charge in [0.2, 0.25) is 0 Å². The SMILES string of the molecule is CC#CCO[C@@H]1CCO[C@@H]1COC(c1ccccc1)(c1ccccc1)c1ccccc1. The third-order valence-electron chi connectivity index (χ3n) is 5.70. The molecule has 0 radical (unpaired) electrons. The molecule has 0 spiro atoms. The minimum atomic E-state index is -0.747. The summed E-state index contributed by atoms with van der Waals surface area (Å²) in [6, 6.07) is 31.2. The molecule has 1 aliphatic heterocycles. The summed E-state index contributed by atoms with van der Waals surface area (Å²) in [4.78, 5) is 0. The molecule has 1 heterocycles. The molecule has 0 aromatic heterocycles. The average molecular weight is 413 g/mol. The van der Waals surface area contributed by atoms with Crippen LogP contribution in [0.25, 0.3) is 0 Å². The van der Waals surface area contributed by atoms with Crippen LogP contribution >= 0.6 is 0 Å². The first kappa shape index (κ1) is 21.3. The number of hydrogen-bond acceptors (Lipinski definition) is 3. The Morgan fingerprint density at radius 1 is 0.839 bits per heavy atom. The minimum absolute atomic E-state index is 0.0131. The Bertz CT molecular complexity index is 893. The van der Waals surface area contributed by atoms with E-state index >= 15 is 0 Å². The molecule has 4 rings (SSSR count). The maximum Gasteiger partial charge on any atom is 0.143 e. The van der Waals surface area contributed by atoms with E-state index in [2.05, 4.69) is 84.6 Å². The highest BCUT2D eigenvalue weighted by atomic mass is 16.6. The van der Waals surface area contributed by atoms with Gasteiger partial charge in [0.05, 0.1) is 12.7 Å². The third kappa shape index (κ3) is 4.73. The molecule has 1 saturated heterocycles. The molecule has 1 aliphatic rings. The second-order valence-corrected chi connectivity index (χ2v) is 7.56. The summed E-state index contributed by atoms with van der Waals surface area (Å²) in [5.41, 5.74) is 2.50. The maximum atomic E-state index is 6.87. The van der Waals surface area contributed by atoms with Gasteiger partial charge in [-0.3, -0.25) is 0 Å². The zero-order chi connectivity index (χ0) is 21.4. The fraction of sp³-hybridized carbons (Fsp3) is 0.286. The molecule has 3 aromatic carbocycles. The largest absolute Gasteiger partial charge is 0.373 e. The Morgan fingerprint density at radius 2 is 1.35 bits per heavy atom. The van der Waals surface area contributed by atoms with Gasteiger partial charge < -0.3 is 14.2 Å². The highest BCUT2D eigenvalue weighted by molar-refractivity contribution is 5.47. The van der Waals surface area contributed by atoms with Crippen molar-refractivity contribution < 1.29 is 14.2 Å². The van der Waals surface area contributed by atoms with Crippen LogP contribution in [0.4, 0.5) is 0 Å². The molecule has 0 bridgehead atoms. The van der Waals surface area contributed by atoms with Crippen molar-refractivity contribution in [3.63, 3.8) is 0 Å². The maximum absolute atomic E-state index is 6.87. The molecular formula is C28H28O3. The quantitative estimate of drug-likeness (QED) is 0.376. The van der Waals surface area contributed by atoms with Gasteiger partial charge in [-0.25, -0.2) is 0 Å². The first-order chi connectivity index (χ1) is 15.3. The zero-order valence-electron chi connectivity index (χ0n) is 17.9. The lowest BCUT2D eigenvalue weighted by atomic mass is 9.80. The lowest BCUT2D eigenvalue weighted by Gasteiger charge is -2.37. The van der Waals surface area contributed by atoms with Crippen molar-refractivity contribution >= 4 is 0 Å².